The van der Waals surface area contributed by atoms with Gasteiger partial charge in [0, 0.05) is 19.4 Å². The fourth-order valence-corrected chi connectivity index (χ4v) is 0.631. The molecule has 1 heterocycles. The third kappa shape index (κ3) is 1.29. The summed E-state index contributed by atoms with van der Waals surface area (Å²) in [6.45, 7) is 0.632. The normalized spacial score (nSPS) is 16.9. The molecule has 0 aromatic heterocycles. The van der Waals surface area contributed by atoms with Gasteiger partial charge in [0.15, 0.2) is 0 Å². The first-order valence-corrected chi connectivity index (χ1v) is 2.66. The largest absolute Gasteiger partial charge is 0.373 e. The molecule has 0 spiro atoms. The SMILES string of the molecule is CN1C=CN=C(C#N)C1. The second-order valence-corrected chi connectivity index (χ2v) is 1.90. The average Bonchev–Trinajstić information content (AvgIpc) is 1.88. The van der Waals surface area contributed by atoms with Crippen molar-refractivity contribution in [2.45, 2.75) is 0 Å². The molecule has 0 saturated carbocycles. The molecule has 0 amide bonds. The van der Waals surface area contributed by atoms with Crippen LogP contribution in [-0.2, 0) is 0 Å². The summed E-state index contributed by atoms with van der Waals surface area (Å²) in [5, 5.41) is 8.37. The van der Waals surface area contributed by atoms with Crippen molar-refractivity contribution < 1.29 is 0 Å². The average molecular weight is 121 g/mol. The van der Waals surface area contributed by atoms with Gasteiger partial charge in [-0.05, 0) is 0 Å². The second-order valence-electron chi connectivity index (χ2n) is 1.90. The first kappa shape index (κ1) is 5.83. The summed E-state index contributed by atoms with van der Waals surface area (Å²) < 4.78 is 0. The number of nitriles is 1. The van der Waals surface area contributed by atoms with Crippen molar-refractivity contribution in [2.24, 2.45) is 4.99 Å². The van der Waals surface area contributed by atoms with Crippen LogP contribution in [-0.4, -0.2) is 24.2 Å². The monoisotopic (exact) mass is 121 g/mol. The van der Waals surface area contributed by atoms with Crippen LogP contribution in [0.3, 0.4) is 0 Å². The van der Waals surface area contributed by atoms with Gasteiger partial charge in [-0.1, -0.05) is 0 Å². The summed E-state index contributed by atoms with van der Waals surface area (Å²) in [5.74, 6) is 0. The predicted molar refractivity (Wildman–Crippen MR) is 34.8 cm³/mol. The van der Waals surface area contributed by atoms with Crippen molar-refractivity contribution in [3.63, 3.8) is 0 Å². The van der Waals surface area contributed by atoms with Crippen LogP contribution in [0.25, 0.3) is 0 Å². The number of rotatable bonds is 0. The standard InChI is InChI=1S/C6H7N3/c1-9-3-2-8-6(4-7)5-9/h2-3H,5H2,1H3. The van der Waals surface area contributed by atoms with E-state index in [1.165, 1.54) is 0 Å². The Kier molecular flexibility index (Phi) is 1.50. The molecular formula is C6H7N3. The molecule has 0 radical (unpaired) electrons. The molecule has 0 fully saturated rings. The lowest BCUT2D eigenvalue weighted by molar-refractivity contribution is 0.518. The van der Waals surface area contributed by atoms with Crippen molar-refractivity contribution in [3.8, 4) is 6.07 Å². The quantitative estimate of drug-likeness (QED) is 0.464. The Morgan fingerprint density at radius 1 is 1.89 bits per heavy atom. The topological polar surface area (TPSA) is 39.4 Å². The van der Waals surface area contributed by atoms with E-state index >= 15 is 0 Å². The van der Waals surface area contributed by atoms with Crippen molar-refractivity contribution >= 4 is 5.71 Å². The van der Waals surface area contributed by atoms with Gasteiger partial charge >= 0.3 is 0 Å². The van der Waals surface area contributed by atoms with Crippen LogP contribution in [0, 0.1) is 11.3 Å². The van der Waals surface area contributed by atoms with Gasteiger partial charge < -0.3 is 4.90 Å². The molecule has 0 N–H and O–H groups in total. The van der Waals surface area contributed by atoms with Gasteiger partial charge in [0.1, 0.15) is 11.8 Å². The zero-order valence-corrected chi connectivity index (χ0v) is 5.20. The van der Waals surface area contributed by atoms with Crippen LogP contribution >= 0.6 is 0 Å². The maximum Gasteiger partial charge on any atom is 0.136 e. The third-order valence-electron chi connectivity index (χ3n) is 1.08. The van der Waals surface area contributed by atoms with E-state index in [-0.39, 0.29) is 0 Å². The highest BCUT2D eigenvalue weighted by molar-refractivity contribution is 6.00. The molecule has 0 atom stereocenters. The molecule has 1 aliphatic rings. The highest BCUT2D eigenvalue weighted by atomic mass is 15.1. The fraction of sp³-hybridized carbons (Fsp3) is 0.333. The predicted octanol–water partition coefficient (Wildman–Crippen LogP) is 0.368. The highest BCUT2D eigenvalue weighted by Crippen LogP contribution is 1.94. The van der Waals surface area contributed by atoms with Crippen molar-refractivity contribution in [3.05, 3.63) is 12.4 Å². The first-order chi connectivity index (χ1) is 4.33. The molecule has 0 aromatic rings. The van der Waals surface area contributed by atoms with Crippen LogP contribution in [0.5, 0.6) is 0 Å². The lowest BCUT2D eigenvalue weighted by Crippen LogP contribution is -2.21. The van der Waals surface area contributed by atoms with Crippen LogP contribution in [0.2, 0.25) is 0 Å². The van der Waals surface area contributed by atoms with Gasteiger partial charge in [-0.3, -0.25) is 0 Å². The molecule has 0 saturated heterocycles. The second kappa shape index (κ2) is 2.31. The Hall–Kier alpha value is -1.30. The Bertz CT molecular complexity index is 197. The summed E-state index contributed by atoms with van der Waals surface area (Å²) in [6, 6.07) is 1.99. The van der Waals surface area contributed by atoms with Gasteiger partial charge in [0.2, 0.25) is 0 Å². The minimum absolute atomic E-state index is 0.569. The molecule has 3 nitrogen and oxygen atoms in total. The Morgan fingerprint density at radius 3 is 3.11 bits per heavy atom. The lowest BCUT2D eigenvalue weighted by atomic mass is 10.3. The zero-order valence-electron chi connectivity index (χ0n) is 5.20. The van der Waals surface area contributed by atoms with E-state index < -0.39 is 0 Å². The third-order valence-corrected chi connectivity index (χ3v) is 1.08. The molecule has 0 aliphatic carbocycles. The number of nitrogens with zero attached hydrogens (tertiary/aromatic N) is 3. The lowest BCUT2D eigenvalue weighted by Gasteiger charge is -2.13. The summed E-state index contributed by atoms with van der Waals surface area (Å²) in [5.41, 5.74) is 0.569. The van der Waals surface area contributed by atoms with Crippen molar-refractivity contribution in [2.75, 3.05) is 13.6 Å². The molecule has 1 rings (SSSR count). The molecule has 3 heteroatoms. The minimum atomic E-state index is 0.569. The Labute approximate surface area is 53.9 Å². The van der Waals surface area contributed by atoms with Gasteiger partial charge in [0.05, 0.1) is 6.54 Å². The Morgan fingerprint density at radius 2 is 2.67 bits per heavy atom. The number of aliphatic imine (C=N–C) groups is 1. The van der Waals surface area contributed by atoms with Gasteiger partial charge in [0.25, 0.3) is 0 Å². The molecule has 46 valence electrons. The molecule has 0 aromatic carbocycles. The van der Waals surface area contributed by atoms with Crippen LogP contribution < -0.4 is 0 Å². The van der Waals surface area contributed by atoms with E-state index in [9.17, 15) is 0 Å². The van der Waals surface area contributed by atoms with E-state index in [4.69, 9.17) is 5.26 Å². The Balaban J connectivity index is 2.69. The summed E-state index contributed by atoms with van der Waals surface area (Å²) in [7, 11) is 1.91. The fourth-order valence-electron chi connectivity index (χ4n) is 0.631. The number of hydrogen-bond acceptors (Lipinski definition) is 3. The van der Waals surface area contributed by atoms with Crippen LogP contribution in [0.15, 0.2) is 17.4 Å². The van der Waals surface area contributed by atoms with Crippen LogP contribution in [0.4, 0.5) is 0 Å². The summed E-state index contributed by atoms with van der Waals surface area (Å²) >= 11 is 0. The van der Waals surface area contributed by atoms with E-state index in [2.05, 4.69) is 4.99 Å². The van der Waals surface area contributed by atoms with E-state index in [0.29, 0.717) is 12.3 Å². The molecular weight excluding hydrogens is 114 g/mol. The zero-order chi connectivity index (χ0) is 6.69. The minimum Gasteiger partial charge on any atom is -0.373 e. The molecule has 9 heavy (non-hydrogen) atoms. The summed E-state index contributed by atoms with van der Waals surface area (Å²) in [4.78, 5) is 5.74. The van der Waals surface area contributed by atoms with Gasteiger partial charge in [-0.25, -0.2) is 4.99 Å². The smallest absolute Gasteiger partial charge is 0.136 e. The van der Waals surface area contributed by atoms with Crippen molar-refractivity contribution in [1.29, 1.82) is 5.26 Å². The van der Waals surface area contributed by atoms with Crippen LogP contribution in [0.1, 0.15) is 0 Å². The molecule has 1 aliphatic heterocycles. The van der Waals surface area contributed by atoms with E-state index in [0.717, 1.165) is 0 Å². The van der Waals surface area contributed by atoms with Crippen molar-refractivity contribution in [1.82, 2.24) is 4.90 Å². The molecule has 0 unspecified atom stereocenters. The van der Waals surface area contributed by atoms with E-state index in [1.807, 2.05) is 24.2 Å². The number of hydrogen-bond donors (Lipinski definition) is 0. The highest BCUT2D eigenvalue weighted by Gasteiger charge is 2.01. The van der Waals surface area contributed by atoms with E-state index in [1.54, 1.807) is 6.20 Å². The maximum absolute atomic E-state index is 8.37. The van der Waals surface area contributed by atoms with Gasteiger partial charge in [-0.15, -0.1) is 0 Å². The van der Waals surface area contributed by atoms with Gasteiger partial charge in [-0.2, -0.15) is 5.26 Å². The maximum atomic E-state index is 8.37. The molecule has 0 bridgehead atoms. The summed E-state index contributed by atoms with van der Waals surface area (Å²) in [6.07, 6.45) is 3.46. The first-order valence-electron chi connectivity index (χ1n) is 2.66.